The smallest absolute Gasteiger partial charge is 0.275 e. The highest BCUT2D eigenvalue weighted by Gasteiger charge is 2.31. The Bertz CT molecular complexity index is 2120. The number of hydrogen-bond acceptors (Lipinski definition) is 20. The summed E-state index contributed by atoms with van der Waals surface area (Å²) < 4.78 is 15.1. The maximum atomic E-state index is 11.0. The highest BCUT2D eigenvalue weighted by molar-refractivity contribution is 5.64. The molecule has 4 aliphatic rings. The van der Waals surface area contributed by atoms with Crippen molar-refractivity contribution in [2.24, 2.45) is 0 Å². The van der Waals surface area contributed by atoms with Crippen LogP contribution in [0.1, 0.15) is 68.2 Å². The van der Waals surface area contributed by atoms with E-state index in [9.17, 15) is 38.4 Å². The van der Waals surface area contributed by atoms with E-state index in [0.29, 0.717) is 39.6 Å². The highest BCUT2D eigenvalue weighted by atomic mass is 16.7. The maximum absolute atomic E-state index is 11.0. The van der Waals surface area contributed by atoms with Gasteiger partial charge in [0.05, 0.1) is 19.8 Å². The van der Waals surface area contributed by atoms with Crippen LogP contribution < -0.4 is 62.9 Å². The quantitative estimate of drug-likeness (QED) is 0.190. The summed E-state index contributed by atoms with van der Waals surface area (Å²) in [4.78, 5) is 95.2. The molecule has 0 bridgehead atoms. The molecule has 4 heterocycles. The zero-order valence-electron chi connectivity index (χ0n) is 35.6. The molecule has 0 spiro atoms. The number of nitrogens with zero attached hydrogens (tertiary/aromatic N) is 5. The van der Waals surface area contributed by atoms with Crippen molar-refractivity contribution in [2.45, 2.75) is 74.5 Å². The van der Waals surface area contributed by atoms with Crippen LogP contribution in [-0.2, 0) is 9.47 Å². The van der Waals surface area contributed by atoms with Gasteiger partial charge in [-0.3, -0.25) is 48.2 Å². The standard InChI is InChI=1S/C8H10N2O3.C8H9NO5.C8H9NO3.C7H7NO4.4C2H6/c1-9-2-3-10(4-9)5-6(11)8(13)7(5)12;1-9-2-4(13-3-9)14-8-6(11)5(10)7(8)12;10-6-5(7(11)8(6)12)9-3-1-2-4-9;9-5-4(6(10)7(5)11)8-1-2-12-3-8;4*1-2/h11H,2-4H2,1H3;4,11H,2-3H2,1H3;10H,1-4H2;9H,1-3H2;4*1-2H3. The molecular formula is C39H59N5O15. The molecule has 0 aliphatic carbocycles. The lowest BCUT2D eigenvalue weighted by Gasteiger charge is -2.19. The number of likely N-dealkylation sites (N-methyl/N-ethyl adjacent to an activating group) is 2. The van der Waals surface area contributed by atoms with Crippen LogP contribution in [0.4, 0.5) is 17.1 Å². The number of hydrogen-bond donors (Lipinski definition) is 4. The van der Waals surface area contributed by atoms with Crippen LogP contribution in [0.2, 0.25) is 0 Å². The number of anilines is 3. The first-order valence-corrected chi connectivity index (χ1v) is 19.7. The van der Waals surface area contributed by atoms with E-state index in [1.54, 1.807) is 14.7 Å². The van der Waals surface area contributed by atoms with Crippen molar-refractivity contribution in [1.82, 2.24) is 9.80 Å². The molecule has 330 valence electrons. The molecule has 20 heteroatoms. The summed E-state index contributed by atoms with van der Waals surface area (Å²) in [5, 5.41) is 36.2. The predicted octanol–water partition coefficient (Wildman–Crippen LogP) is -0.214. The van der Waals surface area contributed by atoms with Gasteiger partial charge in [0.15, 0.2) is 17.2 Å². The SMILES string of the molecule is CC.CC.CC.CC.CN1CCN(c2c(O)c(=O)c2=O)C1.CN1COC(Oc2c(O)c(=O)c2=O)C1.O=c1c(O)c(N2CCCC2)c1=O.O=c1c(O)c(N2CCOC2)c1=O. The topological polar surface area (TPSA) is 261 Å². The lowest BCUT2D eigenvalue weighted by Crippen LogP contribution is -2.39. The number of ether oxygens (including phenoxy) is 3. The average Bonchev–Trinajstić information content (AvgIpc) is 4.14. The predicted molar refractivity (Wildman–Crippen MR) is 225 cm³/mol. The molecular weight excluding hydrogens is 778 g/mol. The lowest BCUT2D eigenvalue weighted by atomic mass is 10.2. The minimum absolute atomic E-state index is 0.109. The first-order chi connectivity index (χ1) is 28.1. The van der Waals surface area contributed by atoms with Gasteiger partial charge < -0.3 is 49.3 Å². The van der Waals surface area contributed by atoms with E-state index in [0.717, 1.165) is 32.5 Å². The first kappa shape index (κ1) is 51.6. The molecule has 0 saturated carbocycles. The first-order valence-electron chi connectivity index (χ1n) is 19.7. The van der Waals surface area contributed by atoms with E-state index >= 15 is 0 Å². The Labute approximate surface area is 341 Å². The van der Waals surface area contributed by atoms with Gasteiger partial charge in [0.2, 0.25) is 17.8 Å². The fourth-order valence-electron chi connectivity index (χ4n) is 5.66. The lowest BCUT2D eigenvalue weighted by molar-refractivity contribution is -0.0375. The second-order valence-corrected chi connectivity index (χ2v) is 12.3. The molecule has 4 aromatic rings. The summed E-state index contributed by atoms with van der Waals surface area (Å²) >= 11 is 0. The molecule has 0 radical (unpaired) electrons. The van der Waals surface area contributed by atoms with Crippen molar-refractivity contribution in [3.8, 4) is 28.7 Å². The largest absolute Gasteiger partial charge is 0.502 e. The van der Waals surface area contributed by atoms with Crippen LogP contribution in [-0.4, -0.2) is 117 Å². The third kappa shape index (κ3) is 11.8. The minimum atomic E-state index is -0.897. The Balaban J connectivity index is 0.000000372. The van der Waals surface area contributed by atoms with E-state index in [2.05, 4.69) is 0 Å². The molecule has 8 rings (SSSR count). The van der Waals surface area contributed by atoms with Gasteiger partial charge in [0.1, 0.15) is 30.5 Å². The monoisotopic (exact) mass is 837 g/mol. The zero-order valence-corrected chi connectivity index (χ0v) is 35.6. The molecule has 0 amide bonds. The summed E-state index contributed by atoms with van der Waals surface area (Å²) in [6, 6.07) is 0. The van der Waals surface area contributed by atoms with Gasteiger partial charge in [-0.15, -0.1) is 0 Å². The van der Waals surface area contributed by atoms with Crippen molar-refractivity contribution in [3.63, 3.8) is 0 Å². The van der Waals surface area contributed by atoms with Crippen molar-refractivity contribution >= 4 is 17.1 Å². The Morgan fingerprint density at radius 2 is 0.932 bits per heavy atom. The van der Waals surface area contributed by atoms with Crippen molar-refractivity contribution in [1.29, 1.82) is 0 Å². The molecule has 20 nitrogen and oxygen atoms in total. The Morgan fingerprint density at radius 3 is 1.29 bits per heavy atom. The fourth-order valence-corrected chi connectivity index (χ4v) is 5.66. The molecule has 4 aromatic carbocycles. The normalized spacial score (nSPS) is 17.1. The van der Waals surface area contributed by atoms with Crippen LogP contribution in [0, 0.1) is 0 Å². The van der Waals surface area contributed by atoms with Gasteiger partial charge >= 0.3 is 0 Å². The van der Waals surface area contributed by atoms with E-state index in [-0.39, 0.29) is 41.0 Å². The van der Waals surface area contributed by atoms with Crippen LogP contribution in [0.15, 0.2) is 38.4 Å². The number of rotatable bonds is 5. The fraction of sp³-hybridized carbons (Fsp3) is 0.590. The average molecular weight is 838 g/mol. The zero-order chi connectivity index (χ0) is 45.3. The second-order valence-electron chi connectivity index (χ2n) is 12.3. The summed E-state index contributed by atoms with van der Waals surface area (Å²) in [6.45, 7) is 21.9. The van der Waals surface area contributed by atoms with Crippen LogP contribution >= 0.6 is 0 Å². The third-order valence-electron chi connectivity index (χ3n) is 8.59. The minimum Gasteiger partial charge on any atom is -0.502 e. The molecule has 1 unspecified atom stereocenters. The molecule has 4 fully saturated rings. The van der Waals surface area contributed by atoms with Crippen LogP contribution in [0.3, 0.4) is 0 Å². The Morgan fingerprint density at radius 1 is 0.492 bits per heavy atom. The summed E-state index contributed by atoms with van der Waals surface area (Å²) in [6.07, 6.45) is 1.46. The van der Waals surface area contributed by atoms with Gasteiger partial charge in [0, 0.05) is 32.7 Å². The van der Waals surface area contributed by atoms with E-state index < -0.39 is 61.2 Å². The van der Waals surface area contributed by atoms with Gasteiger partial charge in [-0.1, -0.05) is 55.4 Å². The molecule has 1 atom stereocenters. The van der Waals surface area contributed by atoms with Crippen molar-refractivity contribution < 1.29 is 34.6 Å². The maximum Gasteiger partial charge on any atom is 0.275 e. The highest BCUT2D eigenvalue weighted by Crippen LogP contribution is 2.25. The van der Waals surface area contributed by atoms with Gasteiger partial charge in [0.25, 0.3) is 43.4 Å². The van der Waals surface area contributed by atoms with E-state index in [4.69, 9.17) is 34.6 Å². The van der Waals surface area contributed by atoms with Crippen molar-refractivity contribution in [3.05, 3.63) is 81.8 Å². The van der Waals surface area contributed by atoms with Gasteiger partial charge in [-0.25, -0.2) is 0 Å². The molecule has 4 saturated heterocycles. The van der Waals surface area contributed by atoms with Crippen molar-refractivity contribution in [2.75, 3.05) is 94.8 Å². The van der Waals surface area contributed by atoms with E-state index in [1.165, 1.54) is 0 Å². The van der Waals surface area contributed by atoms with Crippen LogP contribution in [0.5, 0.6) is 28.7 Å². The van der Waals surface area contributed by atoms with E-state index in [1.807, 2.05) is 79.3 Å². The van der Waals surface area contributed by atoms with Gasteiger partial charge in [-0.2, -0.15) is 0 Å². The Kier molecular flexibility index (Phi) is 21.4. The number of aromatic hydroxyl groups is 4. The summed E-state index contributed by atoms with van der Waals surface area (Å²) in [5.41, 5.74) is -5.16. The summed E-state index contributed by atoms with van der Waals surface area (Å²) in [5.74, 6) is -2.03. The van der Waals surface area contributed by atoms with Crippen LogP contribution in [0.25, 0.3) is 0 Å². The molecule has 59 heavy (non-hydrogen) atoms. The third-order valence-corrected chi connectivity index (χ3v) is 8.59. The molecule has 4 aliphatic heterocycles. The Hall–Kier alpha value is -5.44. The molecule has 4 N–H and O–H groups in total. The molecule has 0 aromatic heterocycles. The second kappa shape index (κ2) is 24.5. The van der Waals surface area contributed by atoms with Gasteiger partial charge in [-0.05, 0) is 26.9 Å². The summed E-state index contributed by atoms with van der Waals surface area (Å²) in [7, 11) is 3.74.